The van der Waals surface area contributed by atoms with Crippen molar-refractivity contribution in [2.45, 2.75) is 0 Å². The van der Waals surface area contributed by atoms with Gasteiger partial charge in [0.2, 0.25) is 0 Å². The zero-order chi connectivity index (χ0) is 20.1. The Morgan fingerprint density at radius 1 is 0.931 bits per heavy atom. The zero-order valence-electron chi connectivity index (χ0n) is 15.6. The number of hydrogen-bond donors (Lipinski definition) is 2. The highest BCUT2D eigenvalue weighted by Crippen LogP contribution is 2.18. The number of nitrogens with zero attached hydrogens (tertiary/aromatic N) is 2. The molecule has 7 nitrogen and oxygen atoms in total. The Hall–Kier alpha value is -3.23. The van der Waals surface area contributed by atoms with Gasteiger partial charge < -0.3 is 20.3 Å². The van der Waals surface area contributed by atoms with Crippen molar-refractivity contribution in [3.8, 4) is 0 Å². The van der Waals surface area contributed by atoms with E-state index < -0.39 is 0 Å². The normalized spacial score (nSPS) is 13.7. The second-order valence-corrected chi connectivity index (χ2v) is 7.42. The van der Waals surface area contributed by atoms with Crippen LogP contribution >= 0.6 is 11.3 Å². The maximum Gasteiger partial charge on any atom is 0.265 e. The summed E-state index contributed by atoms with van der Waals surface area (Å²) < 4.78 is 5.35. The summed E-state index contributed by atoms with van der Waals surface area (Å²) in [5.74, 6) is 0.475. The minimum atomic E-state index is -0.234. The summed E-state index contributed by atoms with van der Waals surface area (Å²) in [6.45, 7) is 3.02. The first-order valence-electron chi connectivity index (χ1n) is 9.24. The third-order valence-corrected chi connectivity index (χ3v) is 5.36. The molecule has 29 heavy (non-hydrogen) atoms. The van der Waals surface area contributed by atoms with E-state index in [0.717, 1.165) is 18.9 Å². The monoisotopic (exact) mass is 408 g/mol. The molecule has 0 saturated carbocycles. The van der Waals surface area contributed by atoms with Gasteiger partial charge in [-0.2, -0.15) is 0 Å². The largest absolute Gasteiger partial charge is 0.378 e. The molecule has 0 atom stereocenters. The van der Waals surface area contributed by atoms with Gasteiger partial charge in [0.1, 0.15) is 5.82 Å². The van der Waals surface area contributed by atoms with Crippen molar-refractivity contribution in [1.29, 1.82) is 0 Å². The molecular weight excluding hydrogens is 388 g/mol. The molecule has 1 fully saturated rings. The van der Waals surface area contributed by atoms with Crippen molar-refractivity contribution >= 4 is 40.3 Å². The van der Waals surface area contributed by atoms with Crippen molar-refractivity contribution < 1.29 is 14.3 Å². The van der Waals surface area contributed by atoms with Gasteiger partial charge in [-0.3, -0.25) is 9.59 Å². The number of morpholine rings is 1. The summed E-state index contributed by atoms with van der Waals surface area (Å²) in [5.41, 5.74) is 1.76. The molecule has 0 spiro atoms. The summed E-state index contributed by atoms with van der Waals surface area (Å²) >= 11 is 1.38. The Morgan fingerprint density at radius 2 is 1.66 bits per heavy atom. The van der Waals surface area contributed by atoms with Crippen molar-refractivity contribution in [3.05, 3.63) is 70.5 Å². The smallest absolute Gasteiger partial charge is 0.265 e. The van der Waals surface area contributed by atoms with Gasteiger partial charge in [0.25, 0.3) is 11.8 Å². The highest BCUT2D eigenvalue weighted by Gasteiger charge is 2.13. The van der Waals surface area contributed by atoms with Gasteiger partial charge in [0.05, 0.1) is 30.0 Å². The molecular formula is C21H20N4O3S. The van der Waals surface area contributed by atoms with Crippen molar-refractivity contribution in [1.82, 2.24) is 4.98 Å². The molecule has 4 rings (SSSR count). The fourth-order valence-electron chi connectivity index (χ4n) is 2.95. The van der Waals surface area contributed by atoms with E-state index >= 15 is 0 Å². The predicted octanol–water partition coefficient (Wildman–Crippen LogP) is 3.48. The number of benzene rings is 1. The predicted molar refractivity (Wildman–Crippen MR) is 114 cm³/mol. The summed E-state index contributed by atoms with van der Waals surface area (Å²) in [4.78, 5) is 31.8. The first-order valence-corrected chi connectivity index (χ1v) is 10.1. The van der Waals surface area contributed by atoms with E-state index in [1.807, 2.05) is 23.6 Å². The maximum atomic E-state index is 12.5. The Kier molecular flexibility index (Phi) is 5.83. The standard InChI is InChI=1S/C21H20N4O3S/c26-20(24-17-7-8-19(22-14-17)25-9-11-28-12-10-25)15-3-5-16(6-4-15)23-21(27)18-2-1-13-29-18/h1-8,13-14H,9-12H2,(H,23,27)(H,24,26). The number of carbonyl (C=O) groups is 2. The minimum absolute atomic E-state index is 0.163. The highest BCUT2D eigenvalue weighted by molar-refractivity contribution is 7.12. The molecule has 2 aromatic heterocycles. The number of hydrogen-bond acceptors (Lipinski definition) is 6. The topological polar surface area (TPSA) is 83.6 Å². The highest BCUT2D eigenvalue weighted by atomic mass is 32.1. The Morgan fingerprint density at radius 3 is 2.31 bits per heavy atom. The molecule has 1 aliphatic heterocycles. The van der Waals surface area contributed by atoms with Crippen LogP contribution in [0.15, 0.2) is 60.1 Å². The van der Waals surface area contributed by atoms with Crippen molar-refractivity contribution in [2.75, 3.05) is 41.8 Å². The lowest BCUT2D eigenvalue weighted by atomic mass is 10.2. The summed E-state index contributed by atoms with van der Waals surface area (Å²) in [6, 6.07) is 14.1. The van der Waals surface area contributed by atoms with Crippen LogP contribution in [0.5, 0.6) is 0 Å². The second-order valence-electron chi connectivity index (χ2n) is 6.47. The zero-order valence-corrected chi connectivity index (χ0v) is 16.4. The fraction of sp³-hybridized carbons (Fsp3) is 0.190. The third-order valence-electron chi connectivity index (χ3n) is 4.49. The van der Waals surface area contributed by atoms with Crippen molar-refractivity contribution in [3.63, 3.8) is 0 Å². The lowest BCUT2D eigenvalue weighted by Crippen LogP contribution is -2.36. The van der Waals surface area contributed by atoms with E-state index in [0.29, 0.717) is 35.0 Å². The number of pyridine rings is 1. The molecule has 0 radical (unpaired) electrons. The van der Waals surface area contributed by atoms with E-state index in [1.54, 1.807) is 36.5 Å². The molecule has 1 aromatic carbocycles. The Balaban J connectivity index is 1.35. The maximum absolute atomic E-state index is 12.5. The molecule has 2 N–H and O–H groups in total. The van der Waals surface area contributed by atoms with E-state index in [-0.39, 0.29) is 11.8 Å². The van der Waals surface area contributed by atoms with Crippen LogP contribution in [0, 0.1) is 0 Å². The van der Waals surface area contributed by atoms with Crippen LogP contribution in [-0.2, 0) is 4.74 Å². The van der Waals surface area contributed by atoms with Crippen LogP contribution in [0.4, 0.5) is 17.2 Å². The number of rotatable bonds is 5. The van der Waals surface area contributed by atoms with Gasteiger partial charge in [-0.1, -0.05) is 6.07 Å². The van der Waals surface area contributed by atoms with Crippen molar-refractivity contribution in [2.24, 2.45) is 0 Å². The summed E-state index contributed by atoms with van der Waals surface area (Å²) in [5, 5.41) is 7.51. The molecule has 1 aliphatic rings. The summed E-state index contributed by atoms with van der Waals surface area (Å²) in [7, 11) is 0. The summed E-state index contributed by atoms with van der Waals surface area (Å²) in [6.07, 6.45) is 1.65. The molecule has 0 bridgehead atoms. The van der Waals surface area contributed by atoms with E-state index in [1.165, 1.54) is 11.3 Å². The third kappa shape index (κ3) is 4.79. The van der Waals surface area contributed by atoms with E-state index in [9.17, 15) is 9.59 Å². The number of anilines is 3. The van der Waals surface area contributed by atoms with Crippen LogP contribution < -0.4 is 15.5 Å². The van der Waals surface area contributed by atoms with E-state index in [2.05, 4.69) is 20.5 Å². The van der Waals surface area contributed by atoms with Gasteiger partial charge in [0, 0.05) is 24.3 Å². The van der Waals surface area contributed by atoms with Crippen LogP contribution in [0.1, 0.15) is 20.0 Å². The number of amides is 2. The molecule has 3 heterocycles. The lowest BCUT2D eigenvalue weighted by Gasteiger charge is -2.27. The quantitative estimate of drug-likeness (QED) is 0.675. The molecule has 0 unspecified atom stereocenters. The minimum Gasteiger partial charge on any atom is -0.378 e. The van der Waals surface area contributed by atoms with Crippen LogP contribution in [0.3, 0.4) is 0 Å². The van der Waals surface area contributed by atoms with Gasteiger partial charge in [0.15, 0.2) is 0 Å². The molecule has 0 aliphatic carbocycles. The molecule has 3 aromatic rings. The van der Waals surface area contributed by atoms with E-state index in [4.69, 9.17) is 4.74 Å². The second kappa shape index (κ2) is 8.85. The van der Waals surface area contributed by atoms with Gasteiger partial charge in [-0.05, 0) is 47.8 Å². The average Bonchev–Trinajstić information content (AvgIpc) is 3.31. The fourth-order valence-corrected chi connectivity index (χ4v) is 3.57. The van der Waals surface area contributed by atoms with Crippen LogP contribution in [-0.4, -0.2) is 43.1 Å². The molecule has 2 amide bonds. The number of aromatic nitrogens is 1. The first-order chi connectivity index (χ1) is 14.2. The van der Waals surface area contributed by atoms with Gasteiger partial charge in [-0.25, -0.2) is 4.98 Å². The van der Waals surface area contributed by atoms with Crippen LogP contribution in [0.2, 0.25) is 0 Å². The lowest BCUT2D eigenvalue weighted by molar-refractivity contribution is 0.102. The molecule has 148 valence electrons. The van der Waals surface area contributed by atoms with Crippen LogP contribution in [0.25, 0.3) is 0 Å². The van der Waals surface area contributed by atoms with Gasteiger partial charge >= 0.3 is 0 Å². The Bertz CT molecular complexity index is 966. The van der Waals surface area contributed by atoms with Gasteiger partial charge in [-0.15, -0.1) is 11.3 Å². The SMILES string of the molecule is O=C(Nc1ccc(N2CCOCC2)nc1)c1ccc(NC(=O)c2cccs2)cc1. The average molecular weight is 408 g/mol. The number of nitrogens with one attached hydrogen (secondary N) is 2. The molecule has 1 saturated heterocycles. The molecule has 8 heteroatoms. The first kappa shape index (κ1) is 19.1. The number of thiophene rings is 1. The Labute approximate surface area is 172 Å². The number of ether oxygens (including phenoxy) is 1. The number of carbonyl (C=O) groups excluding carboxylic acids is 2.